The van der Waals surface area contributed by atoms with Crippen molar-refractivity contribution in [1.82, 2.24) is 0 Å². The second kappa shape index (κ2) is 19.3. The van der Waals surface area contributed by atoms with E-state index in [0.717, 1.165) is 0 Å². The lowest BCUT2D eigenvalue weighted by molar-refractivity contribution is 0.550. The fraction of sp³-hybridized carbons (Fsp3) is 1.00. The number of rotatable bonds is 20. The van der Waals surface area contributed by atoms with Crippen molar-refractivity contribution in [3.63, 3.8) is 0 Å². The van der Waals surface area contributed by atoms with E-state index in [1.165, 1.54) is 128 Å². The van der Waals surface area contributed by atoms with E-state index in [0.29, 0.717) is 10.7 Å². The molecule has 0 aromatic heterocycles. The second-order valence-electron chi connectivity index (χ2n) is 8.51. The van der Waals surface area contributed by atoms with E-state index >= 15 is 0 Å². The Balaban J connectivity index is 1.82. The minimum Gasteiger partial charge on any atom is -0.179 e. The van der Waals surface area contributed by atoms with Crippen molar-refractivity contribution in [3.8, 4) is 0 Å². The van der Waals surface area contributed by atoms with E-state index in [-0.39, 0.29) is 0 Å². The van der Waals surface area contributed by atoms with Crippen molar-refractivity contribution in [2.45, 2.75) is 153 Å². The van der Waals surface area contributed by atoms with Gasteiger partial charge in [-0.2, -0.15) is 10.2 Å². The predicted octanol–water partition coefficient (Wildman–Crippen LogP) is 9.68. The van der Waals surface area contributed by atoms with Gasteiger partial charge in [0.25, 0.3) is 0 Å². The first-order chi connectivity index (χ1) is 13.4. The molecule has 160 valence electrons. The lowest BCUT2D eigenvalue weighted by atomic mass is 10.1. The van der Waals surface area contributed by atoms with E-state index in [1.54, 1.807) is 0 Å². The first-order valence-corrected chi connectivity index (χ1v) is 13.4. The number of thioether (sulfide) groups is 1. The van der Waals surface area contributed by atoms with Crippen LogP contribution in [0.2, 0.25) is 0 Å². The zero-order valence-corrected chi connectivity index (χ0v) is 19.4. The van der Waals surface area contributed by atoms with Crippen molar-refractivity contribution in [2.75, 3.05) is 0 Å². The number of unbranched alkanes of at least 4 members (excludes halogenated alkanes) is 16. The highest BCUT2D eigenvalue weighted by Crippen LogP contribution is 2.34. The van der Waals surface area contributed by atoms with Crippen LogP contribution in [0.25, 0.3) is 0 Å². The van der Waals surface area contributed by atoms with Crippen molar-refractivity contribution in [1.29, 1.82) is 0 Å². The summed E-state index contributed by atoms with van der Waals surface area (Å²) in [6.07, 6.45) is 27.9. The zero-order chi connectivity index (χ0) is 19.4. The van der Waals surface area contributed by atoms with Gasteiger partial charge in [0, 0.05) is 0 Å². The fourth-order valence-corrected chi connectivity index (χ4v) is 5.08. The van der Waals surface area contributed by atoms with Gasteiger partial charge in [-0.3, -0.25) is 0 Å². The first-order valence-electron chi connectivity index (χ1n) is 12.4. The summed E-state index contributed by atoms with van der Waals surface area (Å²) in [5.41, 5.74) is 0. The number of hydrogen-bond donors (Lipinski definition) is 0. The molecule has 2 nitrogen and oxygen atoms in total. The molecule has 2 atom stereocenters. The van der Waals surface area contributed by atoms with E-state index in [9.17, 15) is 0 Å². The molecule has 27 heavy (non-hydrogen) atoms. The molecule has 1 aliphatic rings. The first kappa shape index (κ1) is 25.0. The maximum atomic E-state index is 4.53. The third-order valence-electron chi connectivity index (χ3n) is 5.75. The highest BCUT2D eigenvalue weighted by Gasteiger charge is 2.21. The van der Waals surface area contributed by atoms with Crippen molar-refractivity contribution in [2.24, 2.45) is 10.2 Å². The van der Waals surface area contributed by atoms with Crippen LogP contribution >= 0.6 is 11.8 Å². The SMILES string of the molecule is CCCCCCCCCCC[C@@H]1N=N[C@@H](CCCCCCCCCCC)S1. The Bertz CT molecular complexity index is 302. The minimum absolute atomic E-state index is 0.470. The van der Waals surface area contributed by atoms with Gasteiger partial charge in [-0.1, -0.05) is 129 Å². The Morgan fingerprint density at radius 2 is 0.741 bits per heavy atom. The van der Waals surface area contributed by atoms with Crippen LogP contribution in [-0.2, 0) is 0 Å². The Morgan fingerprint density at radius 1 is 0.444 bits per heavy atom. The van der Waals surface area contributed by atoms with Gasteiger partial charge >= 0.3 is 0 Å². The maximum Gasteiger partial charge on any atom is 0.118 e. The molecule has 0 N–H and O–H groups in total. The average molecular weight is 397 g/mol. The predicted molar refractivity (Wildman–Crippen MR) is 124 cm³/mol. The molecule has 0 unspecified atom stereocenters. The Labute approximate surface area is 175 Å². The Hall–Kier alpha value is -0.0500. The summed E-state index contributed by atoms with van der Waals surface area (Å²) in [6, 6.07) is 0. The minimum atomic E-state index is 0.470. The molecule has 0 aliphatic carbocycles. The molecule has 0 saturated heterocycles. The van der Waals surface area contributed by atoms with Crippen molar-refractivity contribution < 1.29 is 0 Å². The normalized spacial score (nSPS) is 19.2. The van der Waals surface area contributed by atoms with Crippen molar-refractivity contribution >= 4 is 11.8 Å². The third kappa shape index (κ3) is 15.5. The van der Waals surface area contributed by atoms with Gasteiger partial charge in [0.2, 0.25) is 0 Å². The highest BCUT2D eigenvalue weighted by atomic mass is 32.2. The van der Waals surface area contributed by atoms with E-state index in [1.807, 2.05) is 11.8 Å². The highest BCUT2D eigenvalue weighted by molar-refractivity contribution is 8.00. The molecular weight excluding hydrogens is 348 g/mol. The Morgan fingerprint density at radius 3 is 1.07 bits per heavy atom. The fourth-order valence-electron chi connectivity index (χ4n) is 3.90. The van der Waals surface area contributed by atoms with Crippen LogP contribution in [0.4, 0.5) is 0 Å². The van der Waals surface area contributed by atoms with Crippen LogP contribution in [0.3, 0.4) is 0 Å². The molecule has 1 heterocycles. The quantitative estimate of drug-likeness (QED) is 0.188. The maximum absolute atomic E-state index is 4.53. The third-order valence-corrected chi connectivity index (χ3v) is 7.04. The van der Waals surface area contributed by atoms with Gasteiger partial charge in [-0.25, -0.2) is 0 Å². The molecule has 0 fully saturated rings. The van der Waals surface area contributed by atoms with E-state index in [4.69, 9.17) is 0 Å². The van der Waals surface area contributed by atoms with Crippen LogP contribution in [-0.4, -0.2) is 10.7 Å². The van der Waals surface area contributed by atoms with Crippen LogP contribution in [0.1, 0.15) is 142 Å². The van der Waals surface area contributed by atoms with Gasteiger partial charge in [0.15, 0.2) is 0 Å². The monoisotopic (exact) mass is 396 g/mol. The molecule has 0 aromatic rings. The summed E-state index contributed by atoms with van der Waals surface area (Å²) in [6.45, 7) is 4.58. The molecule has 0 saturated carbocycles. The zero-order valence-electron chi connectivity index (χ0n) is 18.6. The van der Waals surface area contributed by atoms with Gasteiger partial charge in [-0.15, -0.1) is 11.8 Å². The van der Waals surface area contributed by atoms with Gasteiger partial charge in [0.05, 0.1) is 0 Å². The van der Waals surface area contributed by atoms with Gasteiger partial charge in [-0.05, 0) is 12.8 Å². The molecule has 0 amide bonds. The summed E-state index contributed by atoms with van der Waals surface area (Å²) in [5, 5.41) is 10.0. The smallest absolute Gasteiger partial charge is 0.118 e. The second-order valence-corrected chi connectivity index (χ2v) is 9.87. The lowest BCUT2D eigenvalue weighted by Gasteiger charge is -2.08. The molecule has 3 heteroatoms. The largest absolute Gasteiger partial charge is 0.179 e. The topological polar surface area (TPSA) is 24.7 Å². The molecule has 0 aromatic carbocycles. The molecule has 1 rings (SSSR count). The summed E-state index contributed by atoms with van der Waals surface area (Å²) < 4.78 is 0. The lowest BCUT2D eigenvalue weighted by Crippen LogP contribution is -2.00. The van der Waals surface area contributed by atoms with Crippen LogP contribution in [0.15, 0.2) is 10.2 Å². The van der Waals surface area contributed by atoms with E-state index < -0.39 is 0 Å². The standard InChI is InChI=1S/C24H48N2S/c1-3-5-7-9-11-13-15-17-19-21-23-25-26-24(27-23)22-20-18-16-14-12-10-8-6-4-2/h23-24H,3-22H2,1-2H3/t23-,24-/m1/s1. The molecular formula is C24H48N2S. The summed E-state index contributed by atoms with van der Waals surface area (Å²) >= 11 is 2.03. The summed E-state index contributed by atoms with van der Waals surface area (Å²) in [7, 11) is 0. The van der Waals surface area contributed by atoms with Crippen LogP contribution < -0.4 is 0 Å². The van der Waals surface area contributed by atoms with Crippen LogP contribution in [0.5, 0.6) is 0 Å². The van der Waals surface area contributed by atoms with E-state index in [2.05, 4.69) is 24.1 Å². The van der Waals surface area contributed by atoms with Gasteiger partial charge in [0.1, 0.15) is 10.7 Å². The van der Waals surface area contributed by atoms with Crippen LogP contribution in [0, 0.1) is 0 Å². The number of nitrogens with zero attached hydrogens (tertiary/aromatic N) is 2. The average Bonchev–Trinajstić information content (AvgIpc) is 3.13. The van der Waals surface area contributed by atoms with Gasteiger partial charge < -0.3 is 0 Å². The summed E-state index contributed by atoms with van der Waals surface area (Å²) in [5.74, 6) is 0. The molecule has 1 aliphatic heterocycles. The van der Waals surface area contributed by atoms with Crippen molar-refractivity contribution in [3.05, 3.63) is 0 Å². The molecule has 0 radical (unpaired) electrons. The molecule has 0 bridgehead atoms. The number of azo groups is 1. The Kier molecular flexibility index (Phi) is 17.8. The molecule has 0 spiro atoms. The summed E-state index contributed by atoms with van der Waals surface area (Å²) in [4.78, 5) is 0. The number of hydrogen-bond acceptors (Lipinski definition) is 3.